The molecular formula is C30H18Br2N4. The molecule has 0 amide bonds. The first kappa shape index (κ1) is 21.5. The third-order valence-electron chi connectivity index (χ3n) is 6.52. The van der Waals surface area contributed by atoms with Crippen LogP contribution in [0.2, 0.25) is 0 Å². The Labute approximate surface area is 223 Å². The van der Waals surface area contributed by atoms with Crippen LogP contribution in [0.1, 0.15) is 0 Å². The Hall–Kier alpha value is -3.74. The van der Waals surface area contributed by atoms with Gasteiger partial charge in [-0.05, 0) is 57.7 Å². The van der Waals surface area contributed by atoms with E-state index in [4.69, 9.17) is 9.97 Å². The molecule has 36 heavy (non-hydrogen) atoms. The number of halogens is 2. The van der Waals surface area contributed by atoms with E-state index in [2.05, 4.69) is 114 Å². The average molecular weight is 594 g/mol. The quantitative estimate of drug-likeness (QED) is 0.176. The van der Waals surface area contributed by atoms with Gasteiger partial charge in [-0.3, -0.25) is 8.80 Å². The minimum Gasteiger partial charge on any atom is -0.299 e. The molecule has 0 aliphatic heterocycles. The normalized spacial score (nSPS) is 11.6. The van der Waals surface area contributed by atoms with Crippen LogP contribution in [0, 0.1) is 0 Å². The molecule has 4 aromatic heterocycles. The Kier molecular flexibility index (Phi) is 5.04. The maximum atomic E-state index is 4.75. The van der Waals surface area contributed by atoms with E-state index in [1.165, 1.54) is 16.2 Å². The molecule has 0 aliphatic carbocycles. The zero-order chi connectivity index (χ0) is 24.2. The van der Waals surface area contributed by atoms with E-state index in [0.29, 0.717) is 0 Å². The summed E-state index contributed by atoms with van der Waals surface area (Å²) in [6.07, 6.45) is 4.17. The summed E-state index contributed by atoms with van der Waals surface area (Å²) in [4.78, 5) is 9.45. The molecule has 0 atom stereocenters. The molecule has 0 aliphatic rings. The molecule has 0 saturated carbocycles. The summed E-state index contributed by atoms with van der Waals surface area (Å²) in [6.45, 7) is 0. The van der Waals surface area contributed by atoms with Gasteiger partial charge < -0.3 is 0 Å². The van der Waals surface area contributed by atoms with E-state index in [9.17, 15) is 0 Å². The maximum Gasteiger partial charge on any atom is 0.145 e. The van der Waals surface area contributed by atoms with Gasteiger partial charge in [0.25, 0.3) is 0 Å². The molecule has 172 valence electrons. The van der Waals surface area contributed by atoms with Crippen molar-refractivity contribution in [2.75, 3.05) is 0 Å². The maximum absolute atomic E-state index is 4.75. The van der Waals surface area contributed by atoms with E-state index in [0.717, 1.165) is 47.7 Å². The fourth-order valence-corrected chi connectivity index (χ4v) is 5.74. The van der Waals surface area contributed by atoms with Crippen LogP contribution in [-0.2, 0) is 0 Å². The summed E-state index contributed by atoms with van der Waals surface area (Å²) in [5, 5.41) is 4.77. The van der Waals surface area contributed by atoms with Crippen LogP contribution < -0.4 is 0 Å². The van der Waals surface area contributed by atoms with Gasteiger partial charge in [-0.25, -0.2) is 9.97 Å². The lowest BCUT2D eigenvalue weighted by molar-refractivity contribution is 1.23. The molecule has 0 fully saturated rings. The SMILES string of the molecule is Brc1ccc2nc3c4ccccc4c(Br)cn3c2c1.c1ccc2c(c1)ccn1c3ccccc3nc21. The number of fused-ring (bicyclic) bond motifs is 10. The first-order valence-electron chi connectivity index (χ1n) is 11.6. The summed E-state index contributed by atoms with van der Waals surface area (Å²) < 4.78 is 6.42. The van der Waals surface area contributed by atoms with Gasteiger partial charge in [0.05, 0.1) is 22.1 Å². The van der Waals surface area contributed by atoms with Crippen LogP contribution in [0.15, 0.2) is 118 Å². The number of aromatic nitrogens is 4. The minimum absolute atomic E-state index is 0.993. The number of pyridine rings is 2. The number of hydrogen-bond donors (Lipinski definition) is 0. The Balaban J connectivity index is 0.000000123. The lowest BCUT2D eigenvalue weighted by atomic mass is 10.2. The first-order chi connectivity index (χ1) is 17.7. The van der Waals surface area contributed by atoms with E-state index in [1.807, 2.05) is 36.4 Å². The van der Waals surface area contributed by atoms with Crippen molar-refractivity contribution in [3.8, 4) is 0 Å². The molecule has 0 radical (unpaired) electrons. The van der Waals surface area contributed by atoms with E-state index in [1.54, 1.807) is 0 Å². The predicted octanol–water partition coefficient (Wildman–Crippen LogP) is 8.81. The van der Waals surface area contributed by atoms with Gasteiger partial charge in [0, 0.05) is 37.5 Å². The number of rotatable bonds is 0. The van der Waals surface area contributed by atoms with Crippen LogP contribution in [0.5, 0.6) is 0 Å². The second-order valence-electron chi connectivity index (χ2n) is 8.66. The summed E-state index contributed by atoms with van der Waals surface area (Å²) in [6, 6.07) is 33.2. The summed E-state index contributed by atoms with van der Waals surface area (Å²) in [5.74, 6) is 0. The molecule has 8 aromatic rings. The summed E-state index contributed by atoms with van der Waals surface area (Å²) in [5.41, 5.74) is 6.34. The van der Waals surface area contributed by atoms with Gasteiger partial charge in [-0.2, -0.15) is 0 Å². The molecule has 0 unspecified atom stereocenters. The van der Waals surface area contributed by atoms with Gasteiger partial charge in [0.2, 0.25) is 0 Å². The Morgan fingerprint density at radius 1 is 0.556 bits per heavy atom. The van der Waals surface area contributed by atoms with Crippen LogP contribution in [0.3, 0.4) is 0 Å². The molecule has 4 nitrogen and oxygen atoms in total. The molecule has 0 bridgehead atoms. The Morgan fingerprint density at radius 3 is 2.08 bits per heavy atom. The van der Waals surface area contributed by atoms with Crippen LogP contribution in [0.25, 0.3) is 54.9 Å². The van der Waals surface area contributed by atoms with Gasteiger partial charge in [-0.1, -0.05) is 76.6 Å². The smallest absolute Gasteiger partial charge is 0.145 e. The predicted molar refractivity (Wildman–Crippen MR) is 156 cm³/mol. The molecule has 8 rings (SSSR count). The van der Waals surface area contributed by atoms with Crippen LogP contribution >= 0.6 is 31.9 Å². The topological polar surface area (TPSA) is 34.6 Å². The van der Waals surface area contributed by atoms with Crippen molar-refractivity contribution in [1.82, 2.24) is 18.8 Å². The van der Waals surface area contributed by atoms with Gasteiger partial charge >= 0.3 is 0 Å². The Bertz CT molecular complexity index is 2090. The van der Waals surface area contributed by atoms with Gasteiger partial charge in [-0.15, -0.1) is 0 Å². The zero-order valence-electron chi connectivity index (χ0n) is 18.9. The highest BCUT2D eigenvalue weighted by Gasteiger charge is 2.10. The molecule has 0 N–H and O–H groups in total. The Morgan fingerprint density at radius 2 is 1.22 bits per heavy atom. The summed E-state index contributed by atoms with van der Waals surface area (Å²) >= 11 is 7.16. The highest BCUT2D eigenvalue weighted by molar-refractivity contribution is 9.11. The average Bonchev–Trinajstić information content (AvgIpc) is 3.48. The van der Waals surface area contributed by atoms with E-state index < -0.39 is 0 Å². The second-order valence-corrected chi connectivity index (χ2v) is 10.4. The number of nitrogens with zero attached hydrogens (tertiary/aromatic N) is 4. The highest BCUT2D eigenvalue weighted by atomic mass is 79.9. The number of para-hydroxylation sites is 2. The molecule has 0 saturated heterocycles. The van der Waals surface area contributed by atoms with Crippen molar-refractivity contribution in [2.24, 2.45) is 0 Å². The van der Waals surface area contributed by atoms with Crippen molar-refractivity contribution < 1.29 is 0 Å². The molecule has 6 heteroatoms. The monoisotopic (exact) mass is 592 g/mol. The standard InChI is InChI=1S/C15H8Br2N2.C15H10N2/c16-9-5-6-13-14(7-9)19-8-12(17)10-3-1-2-4-11(10)15(19)18-13;1-2-6-12-11(5-1)9-10-17-14-8-4-3-7-13(14)16-15(12)17/h1-8H;1-10H. The number of benzene rings is 4. The molecule has 4 heterocycles. The van der Waals surface area contributed by atoms with Gasteiger partial charge in [0.15, 0.2) is 0 Å². The number of hydrogen-bond acceptors (Lipinski definition) is 2. The third-order valence-corrected chi connectivity index (χ3v) is 7.65. The largest absolute Gasteiger partial charge is 0.299 e. The summed E-state index contributed by atoms with van der Waals surface area (Å²) in [7, 11) is 0. The van der Waals surface area contributed by atoms with Crippen molar-refractivity contribution >= 4 is 86.8 Å². The van der Waals surface area contributed by atoms with Gasteiger partial charge in [0.1, 0.15) is 11.3 Å². The second kappa shape index (κ2) is 8.43. The fourth-order valence-electron chi connectivity index (χ4n) is 4.84. The number of imidazole rings is 2. The van der Waals surface area contributed by atoms with Crippen molar-refractivity contribution in [3.05, 3.63) is 118 Å². The lowest BCUT2D eigenvalue weighted by Crippen LogP contribution is -1.87. The fraction of sp³-hybridized carbons (Fsp3) is 0. The van der Waals surface area contributed by atoms with Crippen molar-refractivity contribution in [2.45, 2.75) is 0 Å². The first-order valence-corrected chi connectivity index (χ1v) is 13.1. The van der Waals surface area contributed by atoms with Crippen LogP contribution in [0.4, 0.5) is 0 Å². The lowest BCUT2D eigenvalue weighted by Gasteiger charge is -2.03. The molecule has 0 spiro atoms. The zero-order valence-corrected chi connectivity index (χ0v) is 22.1. The van der Waals surface area contributed by atoms with Crippen LogP contribution in [-0.4, -0.2) is 18.8 Å². The van der Waals surface area contributed by atoms with Crippen molar-refractivity contribution in [3.63, 3.8) is 0 Å². The molecule has 4 aromatic carbocycles. The minimum atomic E-state index is 0.993. The van der Waals surface area contributed by atoms with E-state index >= 15 is 0 Å². The van der Waals surface area contributed by atoms with Crippen molar-refractivity contribution in [1.29, 1.82) is 0 Å². The van der Waals surface area contributed by atoms with E-state index in [-0.39, 0.29) is 0 Å². The third kappa shape index (κ3) is 3.40. The molecular weight excluding hydrogens is 576 g/mol. The highest BCUT2D eigenvalue weighted by Crippen LogP contribution is 2.30.